The molecule has 0 saturated heterocycles. The third-order valence-electron chi connectivity index (χ3n) is 4.24. The molecule has 0 saturated carbocycles. The van der Waals surface area contributed by atoms with Gasteiger partial charge in [-0.25, -0.2) is 9.37 Å². The van der Waals surface area contributed by atoms with Crippen LogP contribution in [0.2, 0.25) is 0 Å². The van der Waals surface area contributed by atoms with E-state index in [1.54, 1.807) is 7.11 Å². The van der Waals surface area contributed by atoms with Gasteiger partial charge in [0.1, 0.15) is 11.6 Å². The highest BCUT2D eigenvalue weighted by molar-refractivity contribution is 5.94. The van der Waals surface area contributed by atoms with Crippen LogP contribution in [0.25, 0.3) is 11.0 Å². The fourth-order valence-electron chi connectivity index (χ4n) is 2.87. The predicted molar refractivity (Wildman–Crippen MR) is 97.8 cm³/mol. The summed E-state index contributed by atoms with van der Waals surface area (Å²) in [6.07, 6.45) is 0. The van der Waals surface area contributed by atoms with Crippen molar-refractivity contribution in [3.63, 3.8) is 0 Å². The number of carbonyl (C=O) groups excluding carboxylic acids is 1. The molecule has 0 aliphatic rings. The molecule has 6 nitrogen and oxygen atoms in total. The lowest BCUT2D eigenvalue weighted by Crippen LogP contribution is -2.35. The molecule has 1 aromatic heterocycles. The van der Waals surface area contributed by atoms with Gasteiger partial charge >= 0.3 is 0 Å². The predicted octanol–water partition coefficient (Wildman–Crippen LogP) is 2.74. The van der Waals surface area contributed by atoms with Gasteiger partial charge in [-0.05, 0) is 38.4 Å². The van der Waals surface area contributed by atoms with Crippen LogP contribution < -0.4 is 10.1 Å². The van der Waals surface area contributed by atoms with Crippen LogP contribution in [-0.2, 0) is 0 Å². The Balaban J connectivity index is 1.77. The number of carbonyl (C=O) groups is 1. The van der Waals surface area contributed by atoms with Gasteiger partial charge < -0.3 is 19.9 Å². The Morgan fingerprint density at radius 3 is 2.81 bits per heavy atom. The molecular weight excluding hydrogens is 335 g/mol. The van der Waals surface area contributed by atoms with Crippen molar-refractivity contribution in [2.24, 2.45) is 0 Å². The highest BCUT2D eigenvalue weighted by atomic mass is 19.1. The number of aromatic amines is 1. The van der Waals surface area contributed by atoms with E-state index in [2.05, 4.69) is 15.3 Å². The lowest BCUT2D eigenvalue weighted by Gasteiger charge is -2.26. The normalized spacial score (nSPS) is 12.3. The highest BCUT2D eigenvalue weighted by Gasteiger charge is 2.20. The van der Waals surface area contributed by atoms with Crippen molar-refractivity contribution in [1.82, 2.24) is 20.2 Å². The van der Waals surface area contributed by atoms with E-state index in [9.17, 15) is 9.18 Å². The SMILES string of the molecule is COc1ccccc1C(CNC(=O)c1nc2ccc(F)cc2[nH]1)N(C)C. The lowest BCUT2D eigenvalue weighted by atomic mass is 10.0. The zero-order valence-corrected chi connectivity index (χ0v) is 14.9. The minimum atomic E-state index is -0.378. The summed E-state index contributed by atoms with van der Waals surface area (Å²) in [4.78, 5) is 21.5. The van der Waals surface area contributed by atoms with E-state index in [1.165, 1.54) is 18.2 Å². The Hall–Kier alpha value is -2.93. The maximum Gasteiger partial charge on any atom is 0.287 e. The largest absolute Gasteiger partial charge is 0.496 e. The molecule has 2 N–H and O–H groups in total. The number of fused-ring (bicyclic) bond motifs is 1. The number of ether oxygens (including phenoxy) is 1. The van der Waals surface area contributed by atoms with Crippen molar-refractivity contribution >= 4 is 16.9 Å². The first-order chi connectivity index (χ1) is 12.5. The van der Waals surface area contributed by atoms with Gasteiger partial charge in [0.05, 0.1) is 24.2 Å². The molecule has 0 aliphatic carbocycles. The zero-order valence-electron chi connectivity index (χ0n) is 14.9. The molecule has 3 rings (SSSR count). The van der Waals surface area contributed by atoms with E-state index in [4.69, 9.17) is 4.74 Å². The molecule has 7 heteroatoms. The summed E-state index contributed by atoms with van der Waals surface area (Å²) in [6, 6.07) is 11.8. The van der Waals surface area contributed by atoms with E-state index >= 15 is 0 Å². The summed E-state index contributed by atoms with van der Waals surface area (Å²) in [5, 5.41) is 2.88. The number of rotatable bonds is 6. The number of nitrogens with one attached hydrogen (secondary N) is 2. The Morgan fingerprint density at radius 2 is 2.08 bits per heavy atom. The average molecular weight is 356 g/mol. The van der Waals surface area contributed by atoms with Crippen LogP contribution >= 0.6 is 0 Å². The van der Waals surface area contributed by atoms with Crippen LogP contribution in [0.4, 0.5) is 4.39 Å². The topological polar surface area (TPSA) is 70.2 Å². The first-order valence-corrected chi connectivity index (χ1v) is 8.22. The number of para-hydroxylation sites is 1. The molecular formula is C19H21FN4O2. The Labute approximate surface area is 151 Å². The van der Waals surface area contributed by atoms with Crippen LogP contribution in [0.5, 0.6) is 5.75 Å². The summed E-state index contributed by atoms with van der Waals surface area (Å²) < 4.78 is 18.7. The van der Waals surface area contributed by atoms with Crippen molar-refractivity contribution in [3.05, 3.63) is 59.7 Å². The number of likely N-dealkylation sites (N-methyl/N-ethyl adjacent to an activating group) is 1. The number of hydrogen-bond donors (Lipinski definition) is 2. The van der Waals surface area contributed by atoms with Crippen molar-refractivity contribution in [3.8, 4) is 5.75 Å². The number of H-pyrrole nitrogens is 1. The fraction of sp³-hybridized carbons (Fsp3) is 0.263. The van der Waals surface area contributed by atoms with Gasteiger partial charge in [0.15, 0.2) is 5.82 Å². The minimum absolute atomic E-state index is 0.0723. The zero-order chi connectivity index (χ0) is 18.7. The molecule has 2 aromatic carbocycles. The number of halogens is 1. The van der Waals surface area contributed by atoms with Crippen molar-refractivity contribution < 1.29 is 13.9 Å². The van der Waals surface area contributed by atoms with Crippen molar-refractivity contribution in [2.75, 3.05) is 27.7 Å². The second-order valence-corrected chi connectivity index (χ2v) is 6.18. The smallest absolute Gasteiger partial charge is 0.287 e. The van der Waals surface area contributed by atoms with E-state index in [1.807, 2.05) is 43.3 Å². The van der Waals surface area contributed by atoms with Gasteiger partial charge in [0.25, 0.3) is 5.91 Å². The summed E-state index contributed by atoms with van der Waals surface area (Å²) >= 11 is 0. The van der Waals surface area contributed by atoms with Crippen molar-refractivity contribution in [2.45, 2.75) is 6.04 Å². The van der Waals surface area contributed by atoms with E-state index < -0.39 is 0 Å². The highest BCUT2D eigenvalue weighted by Crippen LogP contribution is 2.27. The first-order valence-electron chi connectivity index (χ1n) is 8.22. The average Bonchev–Trinajstić information content (AvgIpc) is 3.05. The Kier molecular flexibility index (Phi) is 5.18. The van der Waals surface area contributed by atoms with Gasteiger partial charge in [-0.1, -0.05) is 18.2 Å². The quantitative estimate of drug-likeness (QED) is 0.712. The second kappa shape index (κ2) is 7.53. The lowest BCUT2D eigenvalue weighted by molar-refractivity contribution is 0.0932. The number of amides is 1. The molecule has 26 heavy (non-hydrogen) atoms. The molecule has 3 aromatic rings. The monoisotopic (exact) mass is 356 g/mol. The molecule has 1 atom stereocenters. The second-order valence-electron chi connectivity index (χ2n) is 6.18. The van der Waals surface area contributed by atoms with E-state index in [0.717, 1.165) is 11.3 Å². The molecule has 1 heterocycles. The summed E-state index contributed by atoms with van der Waals surface area (Å²) in [5.41, 5.74) is 2.02. The third kappa shape index (κ3) is 3.67. The number of hydrogen-bond acceptors (Lipinski definition) is 4. The van der Waals surface area contributed by atoms with Crippen molar-refractivity contribution in [1.29, 1.82) is 0 Å². The van der Waals surface area contributed by atoms with Crippen LogP contribution in [0, 0.1) is 5.82 Å². The molecule has 0 radical (unpaired) electrons. The standard InChI is InChI=1S/C19H21FN4O2/c1-24(2)16(13-6-4-5-7-17(13)26-3)11-21-19(25)18-22-14-9-8-12(20)10-15(14)23-18/h4-10,16H,11H2,1-3H3,(H,21,25)(H,22,23). The molecule has 0 bridgehead atoms. The number of benzene rings is 2. The first kappa shape index (κ1) is 17.9. The number of methoxy groups -OCH3 is 1. The molecule has 0 aliphatic heterocycles. The van der Waals surface area contributed by atoms with Gasteiger partial charge in [-0.2, -0.15) is 0 Å². The van der Waals surface area contributed by atoms with Gasteiger partial charge in [-0.3, -0.25) is 4.79 Å². The van der Waals surface area contributed by atoms with Crippen LogP contribution in [0.15, 0.2) is 42.5 Å². The van der Waals surface area contributed by atoms with Crippen LogP contribution in [0.3, 0.4) is 0 Å². The third-order valence-corrected chi connectivity index (χ3v) is 4.24. The molecule has 1 unspecified atom stereocenters. The summed E-state index contributed by atoms with van der Waals surface area (Å²) in [5.74, 6) is 0.197. The maximum absolute atomic E-state index is 13.3. The summed E-state index contributed by atoms with van der Waals surface area (Å²) in [6.45, 7) is 0.373. The van der Waals surface area contributed by atoms with E-state index in [-0.39, 0.29) is 23.6 Å². The van der Waals surface area contributed by atoms with Crippen LogP contribution in [0.1, 0.15) is 22.2 Å². The summed E-state index contributed by atoms with van der Waals surface area (Å²) in [7, 11) is 5.50. The van der Waals surface area contributed by atoms with E-state index in [0.29, 0.717) is 17.6 Å². The molecule has 1 amide bonds. The molecule has 0 fully saturated rings. The maximum atomic E-state index is 13.3. The number of nitrogens with zero attached hydrogens (tertiary/aromatic N) is 2. The van der Waals surface area contributed by atoms with Gasteiger partial charge in [0.2, 0.25) is 0 Å². The molecule has 0 spiro atoms. The Bertz CT molecular complexity index is 923. The Morgan fingerprint density at radius 1 is 1.31 bits per heavy atom. The van der Waals surface area contributed by atoms with Gasteiger partial charge in [-0.15, -0.1) is 0 Å². The number of imidazole rings is 1. The molecule has 136 valence electrons. The fourth-order valence-corrected chi connectivity index (χ4v) is 2.87. The minimum Gasteiger partial charge on any atom is -0.496 e. The van der Waals surface area contributed by atoms with Gasteiger partial charge in [0, 0.05) is 12.1 Å². The number of aromatic nitrogens is 2. The van der Waals surface area contributed by atoms with Crippen LogP contribution in [-0.4, -0.2) is 48.5 Å².